The quantitative estimate of drug-likeness (QED) is 0.639. The van der Waals surface area contributed by atoms with Crippen molar-refractivity contribution in [1.29, 1.82) is 0 Å². The molecule has 0 aromatic heterocycles. The van der Waals surface area contributed by atoms with E-state index in [1.54, 1.807) is 0 Å². The zero-order chi connectivity index (χ0) is 21.1. The van der Waals surface area contributed by atoms with E-state index in [0.29, 0.717) is 5.76 Å². The van der Waals surface area contributed by atoms with Gasteiger partial charge in [-0.25, -0.2) is 0 Å². The number of carbonyl (C=O) groups excluding carboxylic acids is 2. The van der Waals surface area contributed by atoms with E-state index < -0.39 is 0 Å². The van der Waals surface area contributed by atoms with Crippen LogP contribution in [-0.4, -0.2) is 53.2 Å². The lowest BCUT2D eigenvalue weighted by Crippen LogP contribution is -2.56. The van der Waals surface area contributed by atoms with Crippen LogP contribution in [0.15, 0.2) is 47.8 Å². The first-order valence-electron chi connectivity index (χ1n) is 11.1. The number of hydrogen-bond acceptors (Lipinski definition) is 5. The molecule has 0 atom stereocenters. The Hall–Kier alpha value is -2.34. The van der Waals surface area contributed by atoms with Crippen molar-refractivity contribution in [3.05, 3.63) is 47.8 Å². The molecule has 1 saturated carbocycles. The van der Waals surface area contributed by atoms with E-state index in [1.807, 2.05) is 17.1 Å². The summed E-state index contributed by atoms with van der Waals surface area (Å²) in [5.41, 5.74) is 1.24. The number of ether oxygens (including phenoxy) is 2. The molecule has 1 saturated heterocycles. The van der Waals surface area contributed by atoms with E-state index >= 15 is 0 Å². The third-order valence-electron chi connectivity index (χ3n) is 6.76. The first-order chi connectivity index (χ1) is 14.4. The van der Waals surface area contributed by atoms with E-state index in [2.05, 4.69) is 24.8 Å². The Morgan fingerprint density at radius 2 is 1.87 bits per heavy atom. The number of rotatable bonds is 7. The predicted octanol–water partition coefficient (Wildman–Crippen LogP) is 3.67. The van der Waals surface area contributed by atoms with Crippen molar-refractivity contribution in [2.45, 2.75) is 57.9 Å². The third-order valence-corrected chi connectivity index (χ3v) is 6.76. The van der Waals surface area contributed by atoms with Gasteiger partial charge in [0.05, 0.1) is 0 Å². The summed E-state index contributed by atoms with van der Waals surface area (Å²) in [7, 11) is 0. The zero-order valence-electron chi connectivity index (χ0n) is 18.1. The van der Waals surface area contributed by atoms with E-state index in [9.17, 15) is 9.59 Å². The second-order valence-corrected chi connectivity index (χ2v) is 9.08. The first kappa shape index (κ1) is 20.9. The number of carbonyl (C=O) groups is 2. The van der Waals surface area contributed by atoms with Gasteiger partial charge in [0.15, 0.2) is 5.76 Å². The summed E-state index contributed by atoms with van der Waals surface area (Å²) in [6.45, 7) is 7.93. The largest absolute Gasteiger partial charge is 0.465 e. The lowest BCUT2D eigenvalue weighted by molar-refractivity contribution is -0.135. The van der Waals surface area contributed by atoms with Gasteiger partial charge in [-0.05, 0) is 51.0 Å². The van der Waals surface area contributed by atoms with E-state index in [0.717, 1.165) is 50.5 Å². The number of piperazine rings is 1. The molecule has 0 spiro atoms. The summed E-state index contributed by atoms with van der Waals surface area (Å²) in [5, 5.41) is 0. The molecule has 4 aliphatic rings. The highest BCUT2D eigenvalue weighted by Gasteiger charge is 2.42. The van der Waals surface area contributed by atoms with Crippen LogP contribution in [0.3, 0.4) is 0 Å². The lowest BCUT2D eigenvalue weighted by atomic mass is 9.95. The molecule has 30 heavy (non-hydrogen) atoms. The van der Waals surface area contributed by atoms with Crippen molar-refractivity contribution in [3.63, 3.8) is 0 Å². The fourth-order valence-electron chi connectivity index (χ4n) is 4.48. The van der Waals surface area contributed by atoms with Crippen molar-refractivity contribution < 1.29 is 19.1 Å². The van der Waals surface area contributed by atoms with E-state index in [4.69, 9.17) is 9.47 Å². The lowest BCUT2D eigenvalue weighted by Gasteiger charge is -2.44. The molecule has 2 aliphatic carbocycles. The van der Waals surface area contributed by atoms with Gasteiger partial charge in [0, 0.05) is 44.6 Å². The predicted molar refractivity (Wildman–Crippen MR) is 114 cm³/mol. The van der Waals surface area contributed by atoms with Gasteiger partial charge in [-0.2, -0.15) is 0 Å². The zero-order valence-corrected chi connectivity index (χ0v) is 18.1. The molecule has 0 aromatic carbocycles. The fraction of sp³-hybridized carbons (Fsp3) is 0.583. The summed E-state index contributed by atoms with van der Waals surface area (Å²) < 4.78 is 11.1. The second-order valence-electron chi connectivity index (χ2n) is 9.08. The van der Waals surface area contributed by atoms with Gasteiger partial charge in [0.25, 0.3) is 0 Å². The molecular formula is C24H32N2O4. The minimum absolute atomic E-state index is 0.0421. The van der Waals surface area contributed by atoms with Gasteiger partial charge in [0.2, 0.25) is 17.4 Å². The van der Waals surface area contributed by atoms with Crippen LogP contribution in [0.4, 0.5) is 0 Å². The number of allylic oxidation sites excluding steroid dienone is 5. The molecule has 2 heterocycles. The van der Waals surface area contributed by atoms with Crippen LogP contribution < -0.4 is 0 Å². The smallest absolute Gasteiger partial charge is 0.223 e. The van der Waals surface area contributed by atoms with Crippen LogP contribution in [0, 0.1) is 5.92 Å². The average molecular weight is 413 g/mol. The molecule has 6 nitrogen and oxygen atoms in total. The monoisotopic (exact) mass is 412 g/mol. The molecule has 0 radical (unpaired) electrons. The second kappa shape index (κ2) is 8.80. The van der Waals surface area contributed by atoms with Gasteiger partial charge in [-0.15, -0.1) is 0 Å². The number of Topliss-reactive ketones (excluding diaryl/α,β-unsaturated/α-hetero) is 1. The highest BCUT2D eigenvalue weighted by atomic mass is 16.5. The third kappa shape index (κ3) is 4.69. The van der Waals surface area contributed by atoms with Crippen molar-refractivity contribution in [2.24, 2.45) is 5.92 Å². The van der Waals surface area contributed by atoms with E-state index in [1.165, 1.54) is 25.4 Å². The topological polar surface area (TPSA) is 59.1 Å². The molecule has 1 amide bonds. The van der Waals surface area contributed by atoms with Gasteiger partial charge < -0.3 is 14.4 Å². The summed E-state index contributed by atoms with van der Waals surface area (Å²) in [6, 6.07) is 0. The summed E-state index contributed by atoms with van der Waals surface area (Å²) >= 11 is 0. The Morgan fingerprint density at radius 1 is 1.10 bits per heavy atom. The molecular weight excluding hydrogens is 380 g/mol. The van der Waals surface area contributed by atoms with Crippen molar-refractivity contribution in [3.8, 4) is 0 Å². The van der Waals surface area contributed by atoms with Crippen molar-refractivity contribution >= 4 is 11.7 Å². The number of hydrogen-bond donors (Lipinski definition) is 0. The van der Waals surface area contributed by atoms with Gasteiger partial charge in [0.1, 0.15) is 12.5 Å². The minimum Gasteiger partial charge on any atom is -0.465 e. The fourth-order valence-corrected chi connectivity index (χ4v) is 4.48. The molecule has 0 aromatic rings. The number of amides is 1. The summed E-state index contributed by atoms with van der Waals surface area (Å²) in [6.07, 6.45) is 13.7. The molecule has 6 heteroatoms. The van der Waals surface area contributed by atoms with Gasteiger partial charge in [-0.3, -0.25) is 14.5 Å². The highest BCUT2D eigenvalue weighted by Crippen LogP contribution is 2.43. The van der Waals surface area contributed by atoms with Gasteiger partial charge in [-0.1, -0.05) is 18.2 Å². The molecule has 0 unspecified atom stereocenters. The molecule has 162 valence electrons. The Balaban J connectivity index is 1.22. The van der Waals surface area contributed by atoms with Gasteiger partial charge >= 0.3 is 0 Å². The van der Waals surface area contributed by atoms with Crippen LogP contribution in [0.1, 0.15) is 52.4 Å². The first-order valence-corrected chi connectivity index (χ1v) is 11.1. The molecule has 0 N–H and O–H groups in total. The Labute approximate surface area is 178 Å². The standard InChI is InChI=1S/C24H32N2O4/c1-24(2,19-8-9-19)26-14-12-25(13-15-26)23(28)11-10-20(27)22-17-29-16-21(30-22)18-6-4-3-5-7-18/h3-4,6,16-17,19H,5,7-15H2,1-2H3. The van der Waals surface area contributed by atoms with Crippen LogP contribution in [0.2, 0.25) is 0 Å². The molecule has 2 fully saturated rings. The van der Waals surface area contributed by atoms with Crippen LogP contribution in [-0.2, 0) is 19.1 Å². The maximum Gasteiger partial charge on any atom is 0.223 e. The highest BCUT2D eigenvalue weighted by molar-refractivity contribution is 5.95. The van der Waals surface area contributed by atoms with Crippen LogP contribution in [0.25, 0.3) is 0 Å². The molecule has 0 bridgehead atoms. The van der Waals surface area contributed by atoms with Crippen LogP contribution >= 0.6 is 0 Å². The van der Waals surface area contributed by atoms with Crippen molar-refractivity contribution in [1.82, 2.24) is 9.80 Å². The molecule has 2 aliphatic heterocycles. The van der Waals surface area contributed by atoms with Crippen molar-refractivity contribution in [2.75, 3.05) is 26.2 Å². The maximum absolute atomic E-state index is 12.6. The molecule has 4 rings (SSSR count). The Kier molecular flexibility index (Phi) is 6.14. The van der Waals surface area contributed by atoms with Crippen LogP contribution in [0.5, 0.6) is 0 Å². The SMILES string of the molecule is CC(C)(C1CC1)N1CCN(C(=O)CCC(=O)C2=COC=C(C3=CC=CCC3)O2)CC1. The summed E-state index contributed by atoms with van der Waals surface area (Å²) in [5.74, 6) is 1.38. The van der Waals surface area contributed by atoms with E-state index in [-0.39, 0.29) is 35.8 Å². The Bertz CT molecular complexity index is 809. The summed E-state index contributed by atoms with van der Waals surface area (Å²) in [4.78, 5) is 29.6. The maximum atomic E-state index is 12.6. The average Bonchev–Trinajstić information content (AvgIpc) is 3.64. The normalized spacial score (nSPS) is 22.5. The number of ketones is 1. The minimum atomic E-state index is -0.200. The Morgan fingerprint density at radius 3 is 2.53 bits per heavy atom. The number of nitrogens with zero attached hydrogens (tertiary/aromatic N) is 2.